The maximum atomic E-state index is 5.47. The Morgan fingerprint density at radius 1 is 0.291 bits per heavy atom. The Balaban J connectivity index is 1.10. The summed E-state index contributed by atoms with van der Waals surface area (Å²) < 4.78 is 2.26. The highest BCUT2D eigenvalue weighted by Gasteiger charge is 2.19. The predicted molar refractivity (Wildman–Crippen MR) is 232 cm³/mol. The average molecular weight is 698 g/mol. The third-order valence-electron chi connectivity index (χ3n) is 11.5. The van der Waals surface area contributed by atoms with Crippen molar-refractivity contribution >= 4 is 86.6 Å². The van der Waals surface area contributed by atoms with Gasteiger partial charge in [0.05, 0.1) is 22.2 Å². The molecule has 2 aromatic heterocycles. The van der Waals surface area contributed by atoms with E-state index in [1.165, 1.54) is 75.8 Å². The zero-order valence-electron chi connectivity index (χ0n) is 29.7. The molecule has 2 heterocycles. The summed E-state index contributed by atoms with van der Waals surface area (Å²) in [5.74, 6) is 0.660. The molecule has 3 nitrogen and oxygen atoms in total. The van der Waals surface area contributed by atoms with E-state index in [1.54, 1.807) is 0 Å². The lowest BCUT2D eigenvalue weighted by atomic mass is 9.96. The molecule has 0 aliphatic heterocycles. The lowest BCUT2D eigenvalue weighted by molar-refractivity contribution is 1.01. The molecule has 0 aliphatic carbocycles. The van der Waals surface area contributed by atoms with Crippen molar-refractivity contribution in [1.29, 1.82) is 0 Å². The molecule has 0 fully saturated rings. The number of benzene rings is 10. The molecule has 0 amide bonds. The molecule has 0 radical (unpaired) electrons. The van der Waals surface area contributed by atoms with E-state index < -0.39 is 0 Å². The predicted octanol–water partition coefficient (Wildman–Crippen LogP) is 13.8. The lowest BCUT2D eigenvalue weighted by Crippen LogP contribution is -2.03. The fourth-order valence-corrected chi connectivity index (χ4v) is 8.83. The van der Waals surface area contributed by atoms with Crippen LogP contribution in [-0.4, -0.2) is 14.5 Å². The number of hydrogen-bond donors (Lipinski definition) is 0. The van der Waals surface area contributed by atoms with Crippen LogP contribution in [0.4, 0.5) is 0 Å². The Morgan fingerprint density at radius 3 is 1.62 bits per heavy atom. The van der Waals surface area contributed by atoms with Gasteiger partial charge in [-0.15, -0.1) is 0 Å². The van der Waals surface area contributed by atoms with Gasteiger partial charge in [0.15, 0.2) is 0 Å². The summed E-state index contributed by atoms with van der Waals surface area (Å²) in [6, 6.07) is 68.1. The number of aromatic nitrogens is 3. The Hall–Kier alpha value is -7.36. The smallest absolute Gasteiger partial charge is 0.235 e. The average Bonchev–Trinajstić information content (AvgIpc) is 3.57. The van der Waals surface area contributed by atoms with Crippen molar-refractivity contribution in [3.05, 3.63) is 188 Å². The number of rotatable bonds is 3. The number of para-hydroxylation sites is 1. The molecular weight excluding hydrogens is 667 g/mol. The summed E-state index contributed by atoms with van der Waals surface area (Å²) in [7, 11) is 0. The summed E-state index contributed by atoms with van der Waals surface area (Å²) in [5.41, 5.74) is 7.44. The first-order chi connectivity index (χ1) is 27.2. The molecule has 12 aromatic rings. The second-order valence-corrected chi connectivity index (χ2v) is 14.6. The second kappa shape index (κ2) is 11.6. The van der Waals surface area contributed by atoms with Crippen molar-refractivity contribution in [2.24, 2.45) is 0 Å². The first-order valence-corrected chi connectivity index (χ1v) is 18.8. The summed E-state index contributed by atoms with van der Waals surface area (Å²) >= 11 is 0. The van der Waals surface area contributed by atoms with Gasteiger partial charge < -0.3 is 0 Å². The van der Waals surface area contributed by atoms with Crippen LogP contribution in [0.3, 0.4) is 0 Å². The van der Waals surface area contributed by atoms with E-state index in [9.17, 15) is 0 Å². The quantitative estimate of drug-likeness (QED) is 0.172. The van der Waals surface area contributed by atoms with E-state index in [0.717, 1.165) is 33.2 Å². The summed E-state index contributed by atoms with van der Waals surface area (Å²) in [4.78, 5) is 10.8. The zero-order chi connectivity index (χ0) is 36.0. The monoisotopic (exact) mass is 697 g/mol. The molecule has 0 atom stereocenters. The van der Waals surface area contributed by atoms with Crippen LogP contribution in [0, 0.1) is 0 Å². The highest BCUT2D eigenvalue weighted by Crippen LogP contribution is 2.39. The van der Waals surface area contributed by atoms with Crippen LogP contribution >= 0.6 is 0 Å². The minimum absolute atomic E-state index is 0.660. The number of nitrogens with zero attached hydrogens (tertiary/aromatic N) is 3. The Labute approximate surface area is 316 Å². The van der Waals surface area contributed by atoms with E-state index in [4.69, 9.17) is 9.97 Å². The van der Waals surface area contributed by atoms with Gasteiger partial charge in [-0.1, -0.05) is 146 Å². The summed E-state index contributed by atoms with van der Waals surface area (Å²) in [6.07, 6.45) is 0. The van der Waals surface area contributed by atoms with Crippen molar-refractivity contribution < 1.29 is 0 Å². The second-order valence-electron chi connectivity index (χ2n) is 14.6. The first kappa shape index (κ1) is 30.1. The van der Waals surface area contributed by atoms with E-state index in [1.807, 2.05) is 0 Å². The highest BCUT2D eigenvalue weighted by atomic mass is 15.2. The van der Waals surface area contributed by atoms with Gasteiger partial charge >= 0.3 is 0 Å². The number of fused-ring (bicyclic) bond motifs is 11. The molecule has 0 spiro atoms. The molecule has 12 rings (SSSR count). The standard InChI is InChI=1S/C52H31N3/c1-2-12-36-31-50-47(28-35(36)11-1)46-29-38(37-23-25-43-39(27-37)21-19-32-9-3-5-13-41(32)43)24-26-49(46)55(50)52-53-48-16-8-7-15-44(48)51(54-52)40-22-20-34-18-17-33-10-4-6-14-42(33)45(34)30-40/h1-31H. The summed E-state index contributed by atoms with van der Waals surface area (Å²) in [6.45, 7) is 0. The van der Waals surface area contributed by atoms with Crippen LogP contribution in [0.25, 0.3) is 115 Å². The van der Waals surface area contributed by atoms with E-state index in [0.29, 0.717) is 5.95 Å². The van der Waals surface area contributed by atoms with Gasteiger partial charge in [-0.05, 0) is 107 Å². The lowest BCUT2D eigenvalue weighted by Gasteiger charge is -2.13. The van der Waals surface area contributed by atoms with Crippen LogP contribution < -0.4 is 0 Å². The fraction of sp³-hybridized carbons (Fsp3) is 0. The van der Waals surface area contributed by atoms with Crippen LogP contribution in [0.2, 0.25) is 0 Å². The van der Waals surface area contributed by atoms with Crippen molar-refractivity contribution in [1.82, 2.24) is 14.5 Å². The third kappa shape index (κ3) is 4.63. The SMILES string of the molecule is c1ccc2cc3c(cc2c1)c1cc(-c2ccc4c(ccc5ccccc54)c2)ccc1n3-c1nc(-c2ccc3ccc4ccccc4c3c2)c2ccccc2n1. The molecule has 0 aliphatic rings. The molecule has 3 heteroatoms. The normalized spacial score (nSPS) is 12.0. The van der Waals surface area contributed by atoms with Crippen LogP contribution in [0.5, 0.6) is 0 Å². The van der Waals surface area contributed by atoms with E-state index in [-0.39, 0.29) is 0 Å². The molecule has 55 heavy (non-hydrogen) atoms. The van der Waals surface area contributed by atoms with Crippen molar-refractivity contribution in [3.63, 3.8) is 0 Å². The third-order valence-corrected chi connectivity index (χ3v) is 11.5. The van der Waals surface area contributed by atoms with Crippen LogP contribution in [0.15, 0.2) is 188 Å². The minimum atomic E-state index is 0.660. The van der Waals surface area contributed by atoms with Crippen molar-refractivity contribution in [2.45, 2.75) is 0 Å². The van der Waals surface area contributed by atoms with Gasteiger partial charge in [-0.3, -0.25) is 4.57 Å². The Kier molecular flexibility index (Phi) is 6.34. The van der Waals surface area contributed by atoms with Gasteiger partial charge in [-0.2, -0.15) is 0 Å². The molecule has 0 bridgehead atoms. The largest absolute Gasteiger partial charge is 0.278 e. The zero-order valence-corrected chi connectivity index (χ0v) is 29.7. The maximum absolute atomic E-state index is 5.47. The van der Waals surface area contributed by atoms with Gasteiger partial charge in [0.25, 0.3) is 0 Å². The first-order valence-electron chi connectivity index (χ1n) is 18.8. The van der Waals surface area contributed by atoms with Gasteiger partial charge in [0.1, 0.15) is 0 Å². The van der Waals surface area contributed by atoms with Gasteiger partial charge in [0.2, 0.25) is 5.95 Å². The number of hydrogen-bond acceptors (Lipinski definition) is 2. The Morgan fingerprint density at radius 2 is 0.818 bits per heavy atom. The molecule has 0 N–H and O–H groups in total. The van der Waals surface area contributed by atoms with E-state index >= 15 is 0 Å². The van der Waals surface area contributed by atoms with E-state index in [2.05, 4.69) is 193 Å². The molecule has 0 unspecified atom stereocenters. The van der Waals surface area contributed by atoms with Gasteiger partial charge in [-0.25, -0.2) is 9.97 Å². The molecule has 0 saturated carbocycles. The highest BCUT2D eigenvalue weighted by molar-refractivity contribution is 6.15. The molecule has 254 valence electrons. The fourth-order valence-electron chi connectivity index (χ4n) is 8.83. The van der Waals surface area contributed by atoms with Crippen molar-refractivity contribution in [3.8, 4) is 28.3 Å². The minimum Gasteiger partial charge on any atom is -0.278 e. The van der Waals surface area contributed by atoms with Crippen LogP contribution in [-0.2, 0) is 0 Å². The topological polar surface area (TPSA) is 30.7 Å². The van der Waals surface area contributed by atoms with Crippen LogP contribution in [0.1, 0.15) is 0 Å². The molecule has 10 aromatic carbocycles. The molecular formula is C52H31N3. The summed E-state index contributed by atoms with van der Waals surface area (Å²) in [5, 5.41) is 15.7. The van der Waals surface area contributed by atoms with Gasteiger partial charge in [0, 0.05) is 21.7 Å². The molecule has 0 saturated heterocycles. The Bertz CT molecular complexity index is 3560. The maximum Gasteiger partial charge on any atom is 0.235 e. The van der Waals surface area contributed by atoms with Crippen molar-refractivity contribution in [2.75, 3.05) is 0 Å².